The molecule has 0 bridgehead atoms. The molecule has 1 aliphatic rings. The van der Waals surface area contributed by atoms with Gasteiger partial charge < -0.3 is 9.80 Å². The number of guanidine groups is 1. The molecule has 1 aliphatic heterocycles. The molecule has 1 fully saturated rings. The van der Waals surface area contributed by atoms with Gasteiger partial charge in [0.2, 0.25) is 12.4 Å². The second kappa shape index (κ2) is 8.29. The number of hydrogen-bond acceptors (Lipinski definition) is 3. The number of para-hydroxylation sites is 1. The minimum absolute atomic E-state index is 0.198. The van der Waals surface area contributed by atoms with Gasteiger partial charge >= 0.3 is 0 Å². The fourth-order valence-electron chi connectivity index (χ4n) is 2.78. The first-order valence-corrected chi connectivity index (χ1v) is 8.62. The van der Waals surface area contributed by atoms with Crippen molar-refractivity contribution >= 4 is 24.0 Å². The summed E-state index contributed by atoms with van der Waals surface area (Å²) in [4.78, 5) is 32.0. The maximum Gasteiger partial charge on any atom is 0.257 e. The van der Waals surface area contributed by atoms with Gasteiger partial charge in [0.15, 0.2) is 0 Å². The first-order valence-electron chi connectivity index (χ1n) is 8.62. The molecular weight excluding hydrogens is 328 g/mol. The van der Waals surface area contributed by atoms with Crippen LogP contribution in [0.1, 0.15) is 15.9 Å². The Balaban J connectivity index is 1.85. The highest BCUT2D eigenvalue weighted by Crippen LogP contribution is 2.18. The average molecular weight is 350 g/mol. The van der Waals surface area contributed by atoms with Crippen LogP contribution in [-0.2, 0) is 4.79 Å². The predicted molar refractivity (Wildman–Crippen MR) is 101 cm³/mol. The lowest BCUT2D eigenvalue weighted by atomic mass is 10.2. The van der Waals surface area contributed by atoms with Crippen LogP contribution >= 0.6 is 0 Å². The van der Waals surface area contributed by atoms with Crippen molar-refractivity contribution in [3.8, 4) is 0 Å². The Morgan fingerprint density at radius 3 is 2.31 bits per heavy atom. The lowest BCUT2D eigenvalue weighted by molar-refractivity contribution is -0.119. The summed E-state index contributed by atoms with van der Waals surface area (Å²) in [6.45, 7) is 4.45. The van der Waals surface area contributed by atoms with Crippen LogP contribution in [0.25, 0.3) is 0 Å². The number of rotatable bonds is 3. The zero-order valence-electron chi connectivity index (χ0n) is 14.8. The van der Waals surface area contributed by atoms with Crippen molar-refractivity contribution in [1.29, 1.82) is 0 Å². The molecule has 3 rings (SSSR count). The maximum atomic E-state index is 12.6. The van der Waals surface area contributed by atoms with E-state index in [1.807, 2.05) is 54.3 Å². The van der Waals surface area contributed by atoms with E-state index in [4.69, 9.17) is 4.99 Å². The van der Waals surface area contributed by atoms with E-state index >= 15 is 0 Å². The number of aryl methyl sites for hydroxylation is 1. The smallest absolute Gasteiger partial charge is 0.257 e. The Morgan fingerprint density at radius 2 is 1.65 bits per heavy atom. The Bertz CT molecular complexity index is 796. The van der Waals surface area contributed by atoms with Crippen LogP contribution < -0.4 is 5.32 Å². The molecule has 6 heteroatoms. The first kappa shape index (κ1) is 17.7. The monoisotopic (exact) mass is 350 g/mol. The number of aliphatic imine (C=N–C) groups is 1. The summed E-state index contributed by atoms with van der Waals surface area (Å²) in [5, 5.41) is 2.94. The zero-order valence-corrected chi connectivity index (χ0v) is 14.8. The van der Waals surface area contributed by atoms with Crippen LogP contribution in [-0.4, -0.2) is 54.3 Å². The van der Waals surface area contributed by atoms with Crippen molar-refractivity contribution in [3.05, 3.63) is 65.7 Å². The molecule has 0 aromatic heterocycles. The minimum Gasteiger partial charge on any atom is -0.342 e. The summed E-state index contributed by atoms with van der Waals surface area (Å²) in [5.41, 5.74) is 2.43. The molecule has 6 nitrogen and oxygen atoms in total. The molecule has 1 saturated heterocycles. The third-order valence-corrected chi connectivity index (χ3v) is 4.37. The SMILES string of the molecule is Cc1ccccc1N=C(NC(=O)c1ccccc1)N1CCN(C=O)CC1. The van der Waals surface area contributed by atoms with Crippen molar-refractivity contribution in [3.63, 3.8) is 0 Å². The molecule has 1 N–H and O–H groups in total. The van der Waals surface area contributed by atoms with Crippen molar-refractivity contribution in [2.75, 3.05) is 26.2 Å². The van der Waals surface area contributed by atoms with Gasteiger partial charge in [-0.05, 0) is 30.7 Å². The number of amides is 2. The lowest BCUT2D eigenvalue weighted by Crippen LogP contribution is -2.53. The Morgan fingerprint density at radius 1 is 1.00 bits per heavy atom. The van der Waals surface area contributed by atoms with Crippen molar-refractivity contribution in [2.45, 2.75) is 6.92 Å². The van der Waals surface area contributed by atoms with E-state index in [0.29, 0.717) is 37.7 Å². The van der Waals surface area contributed by atoms with Crippen molar-refractivity contribution < 1.29 is 9.59 Å². The fourth-order valence-corrected chi connectivity index (χ4v) is 2.78. The van der Waals surface area contributed by atoms with Gasteiger partial charge in [-0.2, -0.15) is 0 Å². The summed E-state index contributed by atoms with van der Waals surface area (Å²) < 4.78 is 0. The standard InChI is InChI=1S/C20H22N4O2/c1-16-7-5-6-10-18(16)21-20(24-13-11-23(15-25)12-14-24)22-19(26)17-8-3-2-4-9-17/h2-10,15H,11-14H2,1H3,(H,21,22,26). The van der Waals surface area contributed by atoms with Gasteiger partial charge in [-0.25, -0.2) is 4.99 Å². The van der Waals surface area contributed by atoms with Crippen molar-refractivity contribution in [2.24, 2.45) is 4.99 Å². The number of carbonyl (C=O) groups excluding carboxylic acids is 2. The van der Waals surface area contributed by atoms with Gasteiger partial charge in [0.05, 0.1) is 5.69 Å². The van der Waals surface area contributed by atoms with Gasteiger partial charge in [0.25, 0.3) is 5.91 Å². The molecule has 0 spiro atoms. The molecule has 26 heavy (non-hydrogen) atoms. The zero-order chi connectivity index (χ0) is 18.4. The number of piperazine rings is 1. The van der Waals surface area contributed by atoms with E-state index in [9.17, 15) is 9.59 Å². The van der Waals surface area contributed by atoms with Gasteiger partial charge in [0.1, 0.15) is 0 Å². The molecule has 0 aliphatic carbocycles. The molecule has 2 amide bonds. The van der Waals surface area contributed by atoms with E-state index in [-0.39, 0.29) is 5.91 Å². The molecule has 0 saturated carbocycles. The maximum absolute atomic E-state index is 12.6. The van der Waals surface area contributed by atoms with Crippen LogP contribution in [0.15, 0.2) is 59.6 Å². The highest BCUT2D eigenvalue weighted by atomic mass is 16.2. The van der Waals surface area contributed by atoms with Crippen LogP contribution in [0.4, 0.5) is 5.69 Å². The second-order valence-electron chi connectivity index (χ2n) is 6.17. The fraction of sp³-hybridized carbons (Fsp3) is 0.250. The number of nitrogens with one attached hydrogen (secondary N) is 1. The van der Waals surface area contributed by atoms with Gasteiger partial charge in [-0.15, -0.1) is 0 Å². The highest BCUT2D eigenvalue weighted by Gasteiger charge is 2.21. The largest absolute Gasteiger partial charge is 0.342 e. The summed E-state index contributed by atoms with van der Waals surface area (Å²) >= 11 is 0. The summed E-state index contributed by atoms with van der Waals surface area (Å²) in [6, 6.07) is 16.9. The van der Waals surface area contributed by atoms with E-state index in [2.05, 4.69) is 5.32 Å². The lowest BCUT2D eigenvalue weighted by Gasteiger charge is -2.34. The number of hydrogen-bond donors (Lipinski definition) is 1. The van der Waals surface area contributed by atoms with Crippen LogP contribution in [0.3, 0.4) is 0 Å². The predicted octanol–water partition coefficient (Wildman–Crippen LogP) is 2.19. The number of carbonyl (C=O) groups is 2. The molecule has 0 radical (unpaired) electrons. The molecule has 2 aromatic rings. The molecule has 1 heterocycles. The van der Waals surface area contributed by atoms with Gasteiger partial charge in [-0.3, -0.25) is 14.9 Å². The van der Waals surface area contributed by atoms with Gasteiger partial charge in [0, 0.05) is 31.7 Å². The normalized spacial score (nSPS) is 14.9. The Labute approximate surface area is 153 Å². The van der Waals surface area contributed by atoms with E-state index in [1.165, 1.54) is 0 Å². The summed E-state index contributed by atoms with van der Waals surface area (Å²) in [5.74, 6) is 0.314. The Hall–Kier alpha value is -3.15. The van der Waals surface area contributed by atoms with Gasteiger partial charge in [-0.1, -0.05) is 36.4 Å². The quantitative estimate of drug-likeness (QED) is 0.524. The third-order valence-electron chi connectivity index (χ3n) is 4.37. The second-order valence-corrected chi connectivity index (χ2v) is 6.17. The van der Waals surface area contributed by atoms with Crippen LogP contribution in [0.2, 0.25) is 0 Å². The number of benzene rings is 2. The molecular formula is C20H22N4O2. The topological polar surface area (TPSA) is 65.0 Å². The molecule has 0 unspecified atom stereocenters. The van der Waals surface area contributed by atoms with E-state index in [1.54, 1.807) is 17.0 Å². The third kappa shape index (κ3) is 4.27. The molecule has 134 valence electrons. The number of nitrogens with zero attached hydrogens (tertiary/aromatic N) is 3. The Kier molecular flexibility index (Phi) is 5.63. The highest BCUT2D eigenvalue weighted by molar-refractivity contribution is 6.06. The molecule has 2 aromatic carbocycles. The van der Waals surface area contributed by atoms with Crippen molar-refractivity contribution in [1.82, 2.24) is 15.1 Å². The molecule has 0 atom stereocenters. The van der Waals surface area contributed by atoms with Crippen LogP contribution in [0, 0.1) is 6.92 Å². The first-order chi connectivity index (χ1) is 12.7. The average Bonchev–Trinajstić information content (AvgIpc) is 2.70. The van der Waals surface area contributed by atoms with Crippen LogP contribution in [0.5, 0.6) is 0 Å². The minimum atomic E-state index is -0.198. The summed E-state index contributed by atoms with van der Waals surface area (Å²) in [7, 11) is 0. The van der Waals surface area contributed by atoms with E-state index in [0.717, 1.165) is 17.7 Å². The van der Waals surface area contributed by atoms with E-state index < -0.39 is 0 Å². The summed E-state index contributed by atoms with van der Waals surface area (Å²) in [6.07, 6.45) is 0.859.